The van der Waals surface area contributed by atoms with Gasteiger partial charge < -0.3 is 0 Å². The fourth-order valence-corrected chi connectivity index (χ4v) is 4.33. The smallest absolute Gasteiger partial charge is 0.241 e. The summed E-state index contributed by atoms with van der Waals surface area (Å²) in [4.78, 5) is 24.8. The van der Waals surface area contributed by atoms with E-state index in [-0.39, 0.29) is 10.9 Å². The van der Waals surface area contributed by atoms with Crippen molar-refractivity contribution in [3.8, 4) is 0 Å². The van der Waals surface area contributed by atoms with Gasteiger partial charge in [-0.2, -0.15) is 0 Å². The van der Waals surface area contributed by atoms with E-state index in [1.807, 2.05) is 60.7 Å². The Kier molecular flexibility index (Phi) is 4.80. The van der Waals surface area contributed by atoms with Crippen LogP contribution in [0.1, 0.15) is 11.1 Å². The van der Waals surface area contributed by atoms with Crippen LogP contribution in [-0.2, 0) is 11.5 Å². The normalized spacial score (nSPS) is 10.9. The molecule has 22 heavy (non-hydrogen) atoms. The molecule has 4 heteroatoms. The van der Waals surface area contributed by atoms with Crippen molar-refractivity contribution in [3.63, 3.8) is 0 Å². The Bertz CT molecular complexity index is 748. The number of hydrogen-bond donors (Lipinski definition) is 0. The summed E-state index contributed by atoms with van der Waals surface area (Å²) in [7, 11) is 0. The van der Waals surface area contributed by atoms with Crippen LogP contribution in [0.15, 0.2) is 80.0 Å². The minimum absolute atomic E-state index is 0.337. The first kappa shape index (κ1) is 15.1. The molecule has 2 nitrogen and oxygen atoms in total. The van der Waals surface area contributed by atoms with Crippen LogP contribution < -0.4 is 10.9 Å². The molecular formula is C18H14O2S2. The first-order valence-corrected chi connectivity index (χ1v) is 8.89. The molecule has 0 saturated carbocycles. The van der Waals surface area contributed by atoms with Crippen molar-refractivity contribution in [1.29, 1.82) is 0 Å². The first-order valence-electron chi connectivity index (χ1n) is 6.92. The van der Waals surface area contributed by atoms with Crippen LogP contribution in [0.4, 0.5) is 0 Å². The average molecular weight is 326 g/mol. The molecule has 0 saturated heterocycles. The van der Waals surface area contributed by atoms with Crippen LogP contribution in [0, 0.1) is 0 Å². The number of benzene rings is 2. The summed E-state index contributed by atoms with van der Waals surface area (Å²) in [5.74, 6) is 1.43. The van der Waals surface area contributed by atoms with E-state index >= 15 is 0 Å². The van der Waals surface area contributed by atoms with Crippen molar-refractivity contribution in [2.75, 3.05) is 0 Å². The van der Waals surface area contributed by atoms with E-state index in [9.17, 15) is 9.59 Å². The van der Waals surface area contributed by atoms with Gasteiger partial charge in [-0.3, -0.25) is 9.59 Å². The quantitative estimate of drug-likeness (QED) is 0.509. The van der Waals surface area contributed by atoms with Crippen LogP contribution in [0.3, 0.4) is 0 Å². The lowest BCUT2D eigenvalue weighted by molar-refractivity contribution is 1.04. The highest BCUT2D eigenvalue weighted by Gasteiger charge is 2.21. The second kappa shape index (κ2) is 6.99. The fourth-order valence-electron chi connectivity index (χ4n) is 2.07. The Morgan fingerprint density at radius 2 is 0.955 bits per heavy atom. The molecule has 0 aliphatic rings. The van der Waals surface area contributed by atoms with Crippen molar-refractivity contribution in [1.82, 2.24) is 0 Å². The summed E-state index contributed by atoms with van der Waals surface area (Å²) in [6, 6.07) is 19.9. The molecule has 0 unspecified atom stereocenters. The third-order valence-electron chi connectivity index (χ3n) is 3.28. The molecule has 0 spiro atoms. The molecule has 0 bridgehead atoms. The standard InChI is InChI=1S/C18H14O2S2/c19-15-16(20)18(22-12-14-9-5-2-6-10-14)17(15)21-11-13-7-3-1-4-8-13/h1-10H,11-12H2. The molecule has 0 aliphatic heterocycles. The summed E-state index contributed by atoms with van der Waals surface area (Å²) in [5, 5.41) is 0. The molecule has 0 amide bonds. The van der Waals surface area contributed by atoms with Crippen LogP contribution in [0.5, 0.6) is 0 Å². The summed E-state index contributed by atoms with van der Waals surface area (Å²) in [5.41, 5.74) is 1.63. The molecule has 0 aromatic heterocycles. The molecular weight excluding hydrogens is 312 g/mol. The number of hydrogen-bond acceptors (Lipinski definition) is 4. The maximum atomic E-state index is 11.8. The minimum atomic E-state index is -0.337. The summed E-state index contributed by atoms with van der Waals surface area (Å²) in [6.07, 6.45) is 0. The Labute approximate surface area is 137 Å². The maximum absolute atomic E-state index is 11.8. The molecule has 0 aliphatic carbocycles. The molecule has 0 radical (unpaired) electrons. The highest BCUT2D eigenvalue weighted by molar-refractivity contribution is 8.01. The molecule has 110 valence electrons. The van der Waals surface area contributed by atoms with E-state index in [1.165, 1.54) is 23.5 Å². The van der Waals surface area contributed by atoms with Crippen molar-refractivity contribution >= 4 is 23.5 Å². The van der Waals surface area contributed by atoms with E-state index in [4.69, 9.17) is 0 Å². The number of thioether (sulfide) groups is 2. The van der Waals surface area contributed by atoms with Gasteiger partial charge in [0.15, 0.2) is 0 Å². The van der Waals surface area contributed by atoms with Gasteiger partial charge in [0.1, 0.15) is 0 Å². The first-order chi connectivity index (χ1) is 10.8. The molecule has 3 aromatic rings. The molecule has 0 N–H and O–H groups in total. The van der Waals surface area contributed by atoms with Crippen LogP contribution in [0.2, 0.25) is 0 Å². The van der Waals surface area contributed by atoms with E-state index in [0.29, 0.717) is 21.3 Å². The second-order valence-electron chi connectivity index (χ2n) is 4.87. The zero-order valence-corrected chi connectivity index (χ0v) is 13.5. The molecule has 0 heterocycles. The van der Waals surface area contributed by atoms with Gasteiger partial charge in [0.25, 0.3) is 0 Å². The van der Waals surface area contributed by atoms with Gasteiger partial charge in [0.05, 0.1) is 9.79 Å². The van der Waals surface area contributed by atoms with Crippen LogP contribution >= 0.6 is 23.5 Å². The monoisotopic (exact) mass is 326 g/mol. The van der Waals surface area contributed by atoms with Gasteiger partial charge >= 0.3 is 0 Å². The van der Waals surface area contributed by atoms with E-state index < -0.39 is 0 Å². The van der Waals surface area contributed by atoms with Gasteiger partial charge in [0.2, 0.25) is 10.9 Å². The van der Waals surface area contributed by atoms with Gasteiger partial charge in [0, 0.05) is 11.5 Å². The SMILES string of the molecule is O=c1c(SCc2ccccc2)c(SCc2ccccc2)c1=O. The third-order valence-corrected chi connectivity index (χ3v) is 5.72. The highest BCUT2D eigenvalue weighted by Crippen LogP contribution is 2.31. The lowest BCUT2D eigenvalue weighted by Crippen LogP contribution is -2.34. The number of rotatable bonds is 6. The Hall–Kier alpha value is -1.78. The summed E-state index contributed by atoms with van der Waals surface area (Å²) in [6.45, 7) is 0. The zero-order chi connectivity index (χ0) is 15.4. The van der Waals surface area contributed by atoms with Crippen LogP contribution in [0.25, 0.3) is 0 Å². The van der Waals surface area contributed by atoms with E-state index in [2.05, 4.69) is 0 Å². The maximum Gasteiger partial charge on any atom is 0.241 e. The van der Waals surface area contributed by atoms with E-state index in [1.54, 1.807) is 0 Å². The summed E-state index contributed by atoms with van der Waals surface area (Å²) >= 11 is 2.92. The fraction of sp³-hybridized carbons (Fsp3) is 0.111. The predicted octanol–water partition coefficient (Wildman–Crippen LogP) is 3.87. The second-order valence-corrected chi connectivity index (χ2v) is 6.84. The zero-order valence-electron chi connectivity index (χ0n) is 11.8. The molecule has 0 atom stereocenters. The van der Waals surface area contributed by atoms with Gasteiger partial charge in [-0.05, 0) is 11.1 Å². The Morgan fingerprint density at radius 3 is 1.32 bits per heavy atom. The van der Waals surface area contributed by atoms with E-state index in [0.717, 1.165) is 11.1 Å². The van der Waals surface area contributed by atoms with Gasteiger partial charge in [-0.15, -0.1) is 23.5 Å². The van der Waals surface area contributed by atoms with Crippen molar-refractivity contribution in [3.05, 3.63) is 92.2 Å². The highest BCUT2D eigenvalue weighted by atomic mass is 32.2. The average Bonchev–Trinajstić information content (AvgIpc) is 2.58. The lowest BCUT2D eigenvalue weighted by atomic mass is 10.2. The molecule has 3 aromatic carbocycles. The third kappa shape index (κ3) is 3.34. The lowest BCUT2D eigenvalue weighted by Gasteiger charge is -2.10. The predicted molar refractivity (Wildman–Crippen MR) is 93.4 cm³/mol. The summed E-state index contributed by atoms with van der Waals surface area (Å²) < 4.78 is 0. The van der Waals surface area contributed by atoms with Gasteiger partial charge in [-0.25, -0.2) is 0 Å². The van der Waals surface area contributed by atoms with Crippen molar-refractivity contribution < 1.29 is 0 Å². The molecule has 0 fully saturated rings. The Balaban J connectivity index is 1.67. The minimum Gasteiger partial charge on any atom is -0.284 e. The largest absolute Gasteiger partial charge is 0.284 e. The van der Waals surface area contributed by atoms with Crippen molar-refractivity contribution in [2.45, 2.75) is 21.3 Å². The van der Waals surface area contributed by atoms with Crippen molar-refractivity contribution in [2.24, 2.45) is 0 Å². The molecule has 3 rings (SSSR count). The topological polar surface area (TPSA) is 34.1 Å². The van der Waals surface area contributed by atoms with Crippen LogP contribution in [-0.4, -0.2) is 0 Å². The Morgan fingerprint density at radius 1 is 0.591 bits per heavy atom. The van der Waals surface area contributed by atoms with Gasteiger partial charge in [-0.1, -0.05) is 60.7 Å².